The Balaban J connectivity index is 1.47. The number of hydrogen-bond acceptors (Lipinski definition) is 4. The summed E-state index contributed by atoms with van der Waals surface area (Å²) in [7, 11) is 0. The fraction of sp³-hybridized carbons (Fsp3) is 0.150. The van der Waals surface area contributed by atoms with E-state index in [1.807, 2.05) is 24.3 Å². The summed E-state index contributed by atoms with van der Waals surface area (Å²) in [6.45, 7) is 0.690. The number of aromatic nitrogens is 2. The molecule has 0 fully saturated rings. The Morgan fingerprint density at radius 3 is 2.37 bits per heavy atom. The van der Waals surface area contributed by atoms with E-state index < -0.39 is 5.82 Å². The number of amides is 1. The molecule has 0 aliphatic carbocycles. The van der Waals surface area contributed by atoms with Gasteiger partial charge in [-0.25, -0.2) is 4.39 Å². The number of halogens is 2. The van der Waals surface area contributed by atoms with Gasteiger partial charge in [-0.3, -0.25) is 4.79 Å². The van der Waals surface area contributed by atoms with Crippen molar-refractivity contribution in [3.63, 3.8) is 0 Å². The summed E-state index contributed by atoms with van der Waals surface area (Å²) in [6.07, 6.45) is 0.759. The summed E-state index contributed by atoms with van der Waals surface area (Å²) in [4.78, 5) is 12.0. The van der Waals surface area contributed by atoms with E-state index in [0.29, 0.717) is 28.8 Å². The maximum atomic E-state index is 13.6. The summed E-state index contributed by atoms with van der Waals surface area (Å²) in [5, 5.41) is 14.5. The predicted molar refractivity (Wildman–Crippen MR) is 104 cm³/mol. The molecule has 1 aromatic heterocycles. The maximum Gasteiger partial charge on any atom is 0.230 e. The van der Waals surface area contributed by atoms with Gasteiger partial charge in [0.15, 0.2) is 5.82 Å². The molecule has 0 atom stereocenters. The van der Waals surface area contributed by atoms with Gasteiger partial charge in [0, 0.05) is 11.6 Å². The van der Waals surface area contributed by atoms with Gasteiger partial charge >= 0.3 is 0 Å². The van der Waals surface area contributed by atoms with Crippen molar-refractivity contribution in [1.82, 2.24) is 10.2 Å². The number of carbonyl (C=O) groups is 1. The second-order valence-corrected chi connectivity index (χ2v) is 6.36. The molecule has 0 unspecified atom stereocenters. The molecule has 0 radical (unpaired) electrons. The first kappa shape index (κ1) is 18.8. The Morgan fingerprint density at radius 2 is 1.67 bits per heavy atom. The molecule has 0 bridgehead atoms. The normalized spacial score (nSPS) is 10.4. The second kappa shape index (κ2) is 9.09. The molecule has 5 nitrogen and oxygen atoms in total. The second-order valence-electron chi connectivity index (χ2n) is 5.92. The van der Waals surface area contributed by atoms with E-state index in [-0.39, 0.29) is 12.3 Å². The molecule has 3 rings (SSSR count). The van der Waals surface area contributed by atoms with Crippen LogP contribution in [-0.4, -0.2) is 22.6 Å². The van der Waals surface area contributed by atoms with Crippen LogP contribution in [0.3, 0.4) is 0 Å². The number of hydrogen-bond donors (Lipinski definition) is 2. The van der Waals surface area contributed by atoms with Crippen LogP contribution in [0.15, 0.2) is 60.7 Å². The van der Waals surface area contributed by atoms with Gasteiger partial charge < -0.3 is 10.6 Å². The lowest BCUT2D eigenvalue weighted by molar-refractivity contribution is -0.115. The van der Waals surface area contributed by atoms with Gasteiger partial charge in [0.25, 0.3) is 0 Å². The van der Waals surface area contributed by atoms with Gasteiger partial charge in [0.2, 0.25) is 5.91 Å². The first-order chi connectivity index (χ1) is 13.1. The standard InChI is InChI=1S/C20H18ClFN4O/c21-16-7-5-14(6-8-16)11-12-23-18-9-10-19(26-25-18)24-20(27)13-15-3-1-2-4-17(15)22/h1-10H,11-13H2,(H,23,25)(H,24,26,27). The summed E-state index contributed by atoms with van der Waals surface area (Å²) in [5.74, 6) is 0.174. The highest BCUT2D eigenvalue weighted by Gasteiger charge is 2.09. The van der Waals surface area contributed by atoms with Crippen molar-refractivity contribution in [3.05, 3.63) is 82.6 Å². The van der Waals surface area contributed by atoms with Crippen molar-refractivity contribution in [3.8, 4) is 0 Å². The maximum absolute atomic E-state index is 13.6. The number of anilines is 2. The van der Waals surface area contributed by atoms with E-state index in [1.54, 1.807) is 30.3 Å². The van der Waals surface area contributed by atoms with E-state index in [4.69, 9.17) is 11.6 Å². The molecule has 0 spiro atoms. The van der Waals surface area contributed by atoms with E-state index in [2.05, 4.69) is 20.8 Å². The molecular weight excluding hydrogens is 367 g/mol. The molecule has 2 aromatic carbocycles. The minimum absolute atomic E-state index is 0.0601. The van der Waals surface area contributed by atoms with Crippen LogP contribution in [0.4, 0.5) is 16.0 Å². The largest absolute Gasteiger partial charge is 0.368 e. The van der Waals surface area contributed by atoms with Gasteiger partial charge in [0.05, 0.1) is 6.42 Å². The number of nitrogens with one attached hydrogen (secondary N) is 2. The number of benzene rings is 2. The van der Waals surface area contributed by atoms with Crippen LogP contribution in [0.5, 0.6) is 0 Å². The van der Waals surface area contributed by atoms with Crippen molar-refractivity contribution in [2.75, 3.05) is 17.2 Å². The van der Waals surface area contributed by atoms with E-state index in [0.717, 1.165) is 12.0 Å². The zero-order valence-corrected chi connectivity index (χ0v) is 15.2. The summed E-state index contributed by atoms with van der Waals surface area (Å²) >= 11 is 5.86. The van der Waals surface area contributed by atoms with Crippen molar-refractivity contribution in [2.24, 2.45) is 0 Å². The molecule has 0 saturated carbocycles. The van der Waals surface area contributed by atoms with Crippen molar-refractivity contribution >= 4 is 29.1 Å². The summed E-state index contributed by atoms with van der Waals surface area (Å²) in [5.41, 5.74) is 1.50. The summed E-state index contributed by atoms with van der Waals surface area (Å²) in [6, 6.07) is 17.2. The lowest BCUT2D eigenvalue weighted by atomic mass is 10.1. The third kappa shape index (κ3) is 5.76. The minimum Gasteiger partial charge on any atom is -0.368 e. The molecule has 1 heterocycles. The van der Waals surface area contributed by atoms with Crippen molar-refractivity contribution in [2.45, 2.75) is 12.8 Å². The van der Waals surface area contributed by atoms with Crippen LogP contribution in [-0.2, 0) is 17.6 Å². The zero-order chi connectivity index (χ0) is 19.1. The van der Waals surface area contributed by atoms with Crippen LogP contribution in [0, 0.1) is 5.82 Å². The Morgan fingerprint density at radius 1 is 0.963 bits per heavy atom. The van der Waals surface area contributed by atoms with E-state index in [1.165, 1.54) is 6.07 Å². The van der Waals surface area contributed by atoms with Gasteiger partial charge in [-0.2, -0.15) is 0 Å². The molecule has 3 aromatic rings. The number of rotatable bonds is 7. The Labute approximate surface area is 161 Å². The van der Waals surface area contributed by atoms with Gasteiger partial charge in [-0.15, -0.1) is 10.2 Å². The molecule has 0 aliphatic rings. The number of nitrogens with zero attached hydrogens (tertiary/aromatic N) is 2. The Bertz CT molecular complexity index is 901. The Kier molecular flexibility index (Phi) is 6.33. The van der Waals surface area contributed by atoms with Gasteiger partial charge in [-0.1, -0.05) is 41.9 Å². The molecule has 2 N–H and O–H groups in total. The van der Waals surface area contributed by atoms with Crippen LogP contribution in [0.1, 0.15) is 11.1 Å². The predicted octanol–water partition coefficient (Wildman–Crippen LogP) is 4.10. The van der Waals surface area contributed by atoms with Crippen LogP contribution < -0.4 is 10.6 Å². The third-order valence-electron chi connectivity index (χ3n) is 3.87. The highest BCUT2D eigenvalue weighted by Crippen LogP contribution is 2.12. The highest BCUT2D eigenvalue weighted by molar-refractivity contribution is 6.30. The quantitative estimate of drug-likeness (QED) is 0.643. The molecule has 7 heteroatoms. The fourth-order valence-electron chi connectivity index (χ4n) is 2.48. The van der Waals surface area contributed by atoms with Crippen LogP contribution in [0.25, 0.3) is 0 Å². The smallest absolute Gasteiger partial charge is 0.230 e. The first-order valence-corrected chi connectivity index (χ1v) is 8.83. The molecule has 27 heavy (non-hydrogen) atoms. The third-order valence-corrected chi connectivity index (χ3v) is 4.13. The van der Waals surface area contributed by atoms with Crippen LogP contribution in [0.2, 0.25) is 5.02 Å². The van der Waals surface area contributed by atoms with Crippen molar-refractivity contribution in [1.29, 1.82) is 0 Å². The SMILES string of the molecule is O=C(Cc1ccccc1F)Nc1ccc(NCCc2ccc(Cl)cc2)nn1. The lowest BCUT2D eigenvalue weighted by Gasteiger charge is -2.07. The van der Waals surface area contributed by atoms with Gasteiger partial charge in [0.1, 0.15) is 11.6 Å². The molecule has 0 aliphatic heterocycles. The highest BCUT2D eigenvalue weighted by atomic mass is 35.5. The van der Waals surface area contributed by atoms with Gasteiger partial charge in [-0.05, 0) is 47.9 Å². The molecular formula is C20H18ClFN4O. The average molecular weight is 385 g/mol. The number of carbonyl (C=O) groups excluding carboxylic acids is 1. The Hall–Kier alpha value is -2.99. The monoisotopic (exact) mass is 384 g/mol. The van der Waals surface area contributed by atoms with Crippen LogP contribution >= 0.6 is 11.6 Å². The lowest BCUT2D eigenvalue weighted by Crippen LogP contribution is -2.16. The average Bonchev–Trinajstić information content (AvgIpc) is 2.67. The topological polar surface area (TPSA) is 66.9 Å². The molecule has 138 valence electrons. The molecule has 1 amide bonds. The molecule has 0 saturated heterocycles. The zero-order valence-electron chi connectivity index (χ0n) is 14.5. The first-order valence-electron chi connectivity index (χ1n) is 8.45. The fourth-order valence-corrected chi connectivity index (χ4v) is 2.61. The van der Waals surface area contributed by atoms with E-state index in [9.17, 15) is 9.18 Å². The van der Waals surface area contributed by atoms with E-state index >= 15 is 0 Å². The van der Waals surface area contributed by atoms with Crippen molar-refractivity contribution < 1.29 is 9.18 Å². The summed E-state index contributed by atoms with van der Waals surface area (Å²) < 4.78 is 13.6. The minimum atomic E-state index is -0.404.